The number of benzene rings is 1. The van der Waals surface area contributed by atoms with Crippen LogP contribution in [0.1, 0.15) is 30.1 Å². The van der Waals surface area contributed by atoms with Crippen molar-refractivity contribution in [2.45, 2.75) is 25.8 Å². The van der Waals surface area contributed by atoms with E-state index in [4.69, 9.17) is 5.73 Å². The molecule has 0 aliphatic carbocycles. The summed E-state index contributed by atoms with van der Waals surface area (Å²) in [6, 6.07) is 5.80. The third-order valence-electron chi connectivity index (χ3n) is 3.67. The average molecular weight is 326 g/mol. The smallest absolute Gasteiger partial charge is 0.250 e. The maximum atomic E-state index is 11.4. The van der Waals surface area contributed by atoms with E-state index in [0.29, 0.717) is 17.5 Å². The molecule has 1 aliphatic heterocycles. The van der Waals surface area contributed by atoms with Gasteiger partial charge in [0.25, 0.3) is 5.91 Å². The Labute approximate surface area is 122 Å². The number of anilines is 1. The number of nitrogens with two attached hydrogens (primary N) is 1. The SMILES string of the molecule is CC(Nc1cc(Br)ccc1C(N)=O)C1CCCNC1. The van der Waals surface area contributed by atoms with Crippen molar-refractivity contribution in [1.29, 1.82) is 0 Å². The first kappa shape index (κ1) is 14.3. The number of carbonyl (C=O) groups excluding carboxylic acids is 1. The van der Waals surface area contributed by atoms with E-state index in [9.17, 15) is 4.79 Å². The molecule has 0 spiro atoms. The highest BCUT2D eigenvalue weighted by Gasteiger charge is 2.21. The number of hydrogen-bond acceptors (Lipinski definition) is 3. The number of amides is 1. The predicted molar refractivity (Wildman–Crippen MR) is 81.3 cm³/mol. The van der Waals surface area contributed by atoms with Crippen LogP contribution < -0.4 is 16.4 Å². The van der Waals surface area contributed by atoms with E-state index in [0.717, 1.165) is 23.2 Å². The molecule has 4 nitrogen and oxygen atoms in total. The highest BCUT2D eigenvalue weighted by Crippen LogP contribution is 2.24. The van der Waals surface area contributed by atoms with Gasteiger partial charge in [-0.25, -0.2) is 0 Å². The molecule has 2 atom stereocenters. The molecule has 1 amide bonds. The van der Waals surface area contributed by atoms with Crippen molar-refractivity contribution in [1.82, 2.24) is 5.32 Å². The van der Waals surface area contributed by atoms with Crippen LogP contribution in [0.2, 0.25) is 0 Å². The van der Waals surface area contributed by atoms with Crippen LogP contribution in [0.4, 0.5) is 5.69 Å². The number of halogens is 1. The fourth-order valence-electron chi connectivity index (χ4n) is 2.52. The van der Waals surface area contributed by atoms with Crippen LogP contribution in [0.3, 0.4) is 0 Å². The summed E-state index contributed by atoms with van der Waals surface area (Å²) < 4.78 is 0.939. The molecule has 1 heterocycles. The van der Waals surface area contributed by atoms with Gasteiger partial charge in [0.15, 0.2) is 0 Å². The minimum absolute atomic E-state index is 0.306. The Bertz CT molecular complexity index is 458. The molecule has 0 saturated carbocycles. The molecule has 1 aliphatic rings. The number of piperidine rings is 1. The molecule has 0 bridgehead atoms. The summed E-state index contributed by atoms with van der Waals surface area (Å²) in [5.74, 6) is 0.178. The number of hydrogen-bond donors (Lipinski definition) is 3. The second-order valence-corrected chi connectivity index (χ2v) is 6.01. The maximum Gasteiger partial charge on any atom is 0.250 e. The van der Waals surface area contributed by atoms with Crippen molar-refractivity contribution < 1.29 is 4.79 Å². The molecule has 5 heteroatoms. The van der Waals surface area contributed by atoms with Crippen LogP contribution in [0.25, 0.3) is 0 Å². The van der Waals surface area contributed by atoms with Gasteiger partial charge in [-0.15, -0.1) is 0 Å². The second-order valence-electron chi connectivity index (χ2n) is 5.09. The normalized spacial score (nSPS) is 20.8. The van der Waals surface area contributed by atoms with E-state index in [-0.39, 0.29) is 0 Å². The first-order chi connectivity index (χ1) is 9.08. The van der Waals surface area contributed by atoms with Gasteiger partial charge in [-0.3, -0.25) is 4.79 Å². The summed E-state index contributed by atoms with van der Waals surface area (Å²) >= 11 is 3.43. The molecule has 0 radical (unpaired) electrons. The Balaban J connectivity index is 2.12. The maximum absolute atomic E-state index is 11.4. The molecule has 4 N–H and O–H groups in total. The van der Waals surface area contributed by atoms with E-state index in [1.807, 2.05) is 12.1 Å². The van der Waals surface area contributed by atoms with Crippen molar-refractivity contribution in [3.05, 3.63) is 28.2 Å². The largest absolute Gasteiger partial charge is 0.382 e. The lowest BCUT2D eigenvalue weighted by Crippen LogP contribution is -2.39. The molecule has 1 saturated heterocycles. The van der Waals surface area contributed by atoms with Gasteiger partial charge in [0.05, 0.1) is 5.56 Å². The van der Waals surface area contributed by atoms with E-state index in [1.165, 1.54) is 12.8 Å². The average Bonchev–Trinajstić information content (AvgIpc) is 2.39. The third kappa shape index (κ3) is 3.70. The Morgan fingerprint density at radius 3 is 3.00 bits per heavy atom. The number of carbonyl (C=O) groups is 1. The summed E-state index contributed by atoms with van der Waals surface area (Å²) in [6.45, 7) is 4.28. The van der Waals surface area contributed by atoms with Gasteiger partial charge >= 0.3 is 0 Å². The quantitative estimate of drug-likeness (QED) is 0.796. The van der Waals surface area contributed by atoms with Crippen LogP contribution in [0.15, 0.2) is 22.7 Å². The van der Waals surface area contributed by atoms with Gasteiger partial charge in [-0.05, 0) is 57.0 Å². The van der Waals surface area contributed by atoms with E-state index in [2.05, 4.69) is 33.5 Å². The topological polar surface area (TPSA) is 67.1 Å². The summed E-state index contributed by atoms with van der Waals surface area (Å²) in [6.07, 6.45) is 2.42. The van der Waals surface area contributed by atoms with Crippen molar-refractivity contribution in [3.63, 3.8) is 0 Å². The molecule has 1 aromatic carbocycles. The van der Waals surface area contributed by atoms with Gasteiger partial charge in [0.2, 0.25) is 0 Å². The zero-order valence-corrected chi connectivity index (χ0v) is 12.7. The summed E-state index contributed by atoms with van der Waals surface area (Å²) in [4.78, 5) is 11.4. The fraction of sp³-hybridized carbons (Fsp3) is 0.500. The summed E-state index contributed by atoms with van der Waals surface area (Å²) in [5, 5.41) is 6.84. The van der Waals surface area contributed by atoms with Crippen LogP contribution in [-0.4, -0.2) is 25.0 Å². The second kappa shape index (κ2) is 6.39. The fourth-order valence-corrected chi connectivity index (χ4v) is 2.88. The third-order valence-corrected chi connectivity index (χ3v) is 4.17. The van der Waals surface area contributed by atoms with Gasteiger partial charge in [-0.1, -0.05) is 15.9 Å². The van der Waals surface area contributed by atoms with Gasteiger partial charge in [0.1, 0.15) is 0 Å². The van der Waals surface area contributed by atoms with Gasteiger partial charge < -0.3 is 16.4 Å². The lowest BCUT2D eigenvalue weighted by molar-refractivity contribution is 0.100. The Morgan fingerprint density at radius 2 is 2.37 bits per heavy atom. The van der Waals surface area contributed by atoms with Gasteiger partial charge in [-0.2, -0.15) is 0 Å². The molecule has 1 aromatic rings. The van der Waals surface area contributed by atoms with Crippen LogP contribution in [0, 0.1) is 5.92 Å². The van der Waals surface area contributed by atoms with Crippen LogP contribution in [-0.2, 0) is 0 Å². The van der Waals surface area contributed by atoms with Crippen LogP contribution in [0.5, 0.6) is 0 Å². The van der Waals surface area contributed by atoms with E-state index < -0.39 is 5.91 Å². The van der Waals surface area contributed by atoms with Crippen molar-refractivity contribution in [2.75, 3.05) is 18.4 Å². The lowest BCUT2D eigenvalue weighted by atomic mass is 9.92. The molecule has 2 rings (SSSR count). The molecule has 104 valence electrons. The highest BCUT2D eigenvalue weighted by molar-refractivity contribution is 9.10. The van der Waals surface area contributed by atoms with E-state index in [1.54, 1.807) is 6.07 Å². The lowest BCUT2D eigenvalue weighted by Gasteiger charge is -2.30. The first-order valence-corrected chi connectivity index (χ1v) is 7.44. The standard InChI is InChI=1S/C14H20BrN3O/c1-9(10-3-2-6-17-8-10)18-13-7-11(15)4-5-12(13)14(16)19/h4-5,7,9-10,17-18H,2-3,6,8H2,1H3,(H2,16,19). The Morgan fingerprint density at radius 1 is 1.58 bits per heavy atom. The molecule has 0 aromatic heterocycles. The highest BCUT2D eigenvalue weighted by atomic mass is 79.9. The molecule has 19 heavy (non-hydrogen) atoms. The van der Waals surface area contributed by atoms with Gasteiger partial charge in [0, 0.05) is 16.2 Å². The predicted octanol–water partition coefficient (Wildman–Crippen LogP) is 2.35. The monoisotopic (exact) mass is 325 g/mol. The zero-order valence-electron chi connectivity index (χ0n) is 11.1. The number of rotatable bonds is 4. The van der Waals surface area contributed by atoms with Crippen molar-refractivity contribution >= 4 is 27.5 Å². The van der Waals surface area contributed by atoms with Crippen molar-refractivity contribution in [3.8, 4) is 0 Å². The summed E-state index contributed by atoms with van der Waals surface area (Å²) in [7, 11) is 0. The minimum atomic E-state index is -0.399. The summed E-state index contributed by atoms with van der Waals surface area (Å²) in [5.41, 5.74) is 6.76. The molecular formula is C14H20BrN3O. The number of nitrogens with one attached hydrogen (secondary N) is 2. The first-order valence-electron chi connectivity index (χ1n) is 6.64. The molecule has 1 fully saturated rings. The van der Waals surface area contributed by atoms with E-state index >= 15 is 0 Å². The molecular weight excluding hydrogens is 306 g/mol. The zero-order chi connectivity index (χ0) is 13.8. The Kier molecular flexibility index (Phi) is 4.82. The van der Waals surface area contributed by atoms with Crippen LogP contribution >= 0.6 is 15.9 Å². The number of primary amides is 1. The Hall–Kier alpha value is -1.07. The van der Waals surface area contributed by atoms with Crippen molar-refractivity contribution in [2.24, 2.45) is 11.7 Å². The molecule has 2 unspecified atom stereocenters. The minimum Gasteiger partial charge on any atom is -0.382 e.